The molecule has 1 atom stereocenters. The van der Waals surface area contributed by atoms with Crippen LogP contribution in [0.15, 0.2) is 0 Å². The van der Waals surface area contributed by atoms with Gasteiger partial charge in [-0.25, -0.2) is 0 Å². The molecule has 0 aliphatic carbocycles. The van der Waals surface area contributed by atoms with Crippen molar-refractivity contribution >= 4 is 0 Å². The molecule has 1 heterocycles. The summed E-state index contributed by atoms with van der Waals surface area (Å²) in [6.07, 6.45) is 2.45. The number of nitrogens with zero attached hydrogens (tertiary/aromatic N) is 1. The van der Waals surface area contributed by atoms with Crippen molar-refractivity contribution < 1.29 is 9.47 Å². The number of likely N-dealkylation sites (N-methyl/N-ethyl adjacent to an activating group) is 1. The van der Waals surface area contributed by atoms with Crippen molar-refractivity contribution in [1.82, 2.24) is 10.2 Å². The van der Waals surface area contributed by atoms with Gasteiger partial charge in [-0.05, 0) is 33.4 Å². The molecule has 108 valence electrons. The van der Waals surface area contributed by atoms with E-state index in [0.717, 1.165) is 52.6 Å². The summed E-state index contributed by atoms with van der Waals surface area (Å²) in [7, 11) is 2.03. The highest BCUT2D eigenvalue weighted by Crippen LogP contribution is 2.29. The number of ether oxygens (including phenoxy) is 2. The van der Waals surface area contributed by atoms with Crippen molar-refractivity contribution in [1.29, 1.82) is 0 Å². The van der Waals surface area contributed by atoms with Gasteiger partial charge < -0.3 is 19.7 Å². The second-order valence-corrected chi connectivity index (χ2v) is 5.25. The lowest BCUT2D eigenvalue weighted by molar-refractivity contribution is -0.0280. The minimum atomic E-state index is 0.287. The molecule has 0 radical (unpaired) electrons. The van der Waals surface area contributed by atoms with Crippen molar-refractivity contribution in [3.8, 4) is 0 Å². The third-order valence-electron chi connectivity index (χ3n) is 3.72. The fraction of sp³-hybridized carbons (Fsp3) is 1.00. The van der Waals surface area contributed by atoms with Crippen LogP contribution < -0.4 is 5.32 Å². The van der Waals surface area contributed by atoms with E-state index in [4.69, 9.17) is 9.47 Å². The lowest BCUT2D eigenvalue weighted by Crippen LogP contribution is -2.49. The zero-order valence-corrected chi connectivity index (χ0v) is 12.3. The molecule has 0 amide bonds. The molecular formula is C14H30N2O2. The molecule has 0 spiro atoms. The van der Waals surface area contributed by atoms with E-state index in [1.54, 1.807) is 0 Å². The zero-order chi connectivity index (χ0) is 13.3. The van der Waals surface area contributed by atoms with Gasteiger partial charge in [0.2, 0.25) is 0 Å². The molecule has 1 aliphatic rings. The Bertz CT molecular complexity index is 200. The monoisotopic (exact) mass is 258 g/mol. The topological polar surface area (TPSA) is 33.7 Å². The second kappa shape index (κ2) is 8.86. The van der Waals surface area contributed by atoms with Crippen LogP contribution in [0.5, 0.6) is 0 Å². The van der Waals surface area contributed by atoms with Crippen molar-refractivity contribution in [3.63, 3.8) is 0 Å². The van der Waals surface area contributed by atoms with Gasteiger partial charge in [0, 0.05) is 38.3 Å². The van der Waals surface area contributed by atoms with E-state index in [9.17, 15) is 0 Å². The van der Waals surface area contributed by atoms with E-state index in [0.29, 0.717) is 0 Å². The van der Waals surface area contributed by atoms with Crippen LogP contribution in [0.25, 0.3) is 0 Å². The molecule has 18 heavy (non-hydrogen) atoms. The largest absolute Gasteiger partial charge is 0.381 e. The van der Waals surface area contributed by atoms with Gasteiger partial charge in [-0.2, -0.15) is 0 Å². The van der Waals surface area contributed by atoms with E-state index in [1.807, 2.05) is 14.0 Å². The summed E-state index contributed by atoms with van der Waals surface area (Å²) >= 11 is 0. The van der Waals surface area contributed by atoms with Crippen LogP contribution in [0.4, 0.5) is 0 Å². The molecule has 1 unspecified atom stereocenters. The first-order chi connectivity index (χ1) is 8.76. The SMILES string of the molecule is CCOCCN(CC)CC1(CNC)CCCOC1. The Morgan fingerprint density at radius 2 is 2.22 bits per heavy atom. The van der Waals surface area contributed by atoms with Crippen LogP contribution in [0.2, 0.25) is 0 Å². The Morgan fingerprint density at radius 1 is 1.39 bits per heavy atom. The van der Waals surface area contributed by atoms with E-state index < -0.39 is 0 Å². The van der Waals surface area contributed by atoms with Crippen molar-refractivity contribution in [3.05, 3.63) is 0 Å². The van der Waals surface area contributed by atoms with Crippen molar-refractivity contribution in [2.45, 2.75) is 26.7 Å². The predicted octanol–water partition coefficient (Wildman–Crippen LogP) is 1.36. The molecule has 0 bridgehead atoms. The van der Waals surface area contributed by atoms with E-state index in [-0.39, 0.29) is 5.41 Å². The molecule has 1 N–H and O–H groups in total. The molecule has 4 nitrogen and oxygen atoms in total. The van der Waals surface area contributed by atoms with Gasteiger partial charge in [-0.3, -0.25) is 0 Å². The van der Waals surface area contributed by atoms with Crippen LogP contribution in [0, 0.1) is 5.41 Å². The zero-order valence-electron chi connectivity index (χ0n) is 12.3. The Hall–Kier alpha value is -0.160. The smallest absolute Gasteiger partial charge is 0.0593 e. The maximum atomic E-state index is 5.71. The average molecular weight is 258 g/mol. The highest BCUT2D eigenvalue weighted by molar-refractivity contribution is 4.86. The lowest BCUT2D eigenvalue weighted by Gasteiger charge is -2.40. The molecule has 1 saturated heterocycles. The Kier molecular flexibility index (Phi) is 7.82. The molecule has 1 aliphatic heterocycles. The lowest BCUT2D eigenvalue weighted by atomic mass is 9.81. The van der Waals surface area contributed by atoms with Gasteiger partial charge in [0.05, 0.1) is 13.2 Å². The number of nitrogens with one attached hydrogen (secondary N) is 1. The Morgan fingerprint density at radius 3 is 2.78 bits per heavy atom. The molecule has 0 saturated carbocycles. The van der Waals surface area contributed by atoms with Gasteiger partial charge in [-0.15, -0.1) is 0 Å². The van der Waals surface area contributed by atoms with Gasteiger partial charge in [0.25, 0.3) is 0 Å². The summed E-state index contributed by atoms with van der Waals surface area (Å²) in [5.41, 5.74) is 0.287. The quantitative estimate of drug-likeness (QED) is 0.633. The van der Waals surface area contributed by atoms with Gasteiger partial charge in [0.15, 0.2) is 0 Å². The Labute approximate surface area is 112 Å². The summed E-state index contributed by atoms with van der Waals surface area (Å²) < 4.78 is 11.2. The van der Waals surface area contributed by atoms with E-state index in [1.165, 1.54) is 12.8 Å². The summed E-state index contributed by atoms with van der Waals surface area (Å²) in [5, 5.41) is 3.34. The summed E-state index contributed by atoms with van der Waals surface area (Å²) in [4.78, 5) is 2.49. The second-order valence-electron chi connectivity index (χ2n) is 5.25. The molecule has 4 heteroatoms. The number of hydrogen-bond acceptors (Lipinski definition) is 4. The molecule has 0 aromatic rings. The number of rotatable bonds is 9. The maximum Gasteiger partial charge on any atom is 0.0593 e. The summed E-state index contributed by atoms with van der Waals surface area (Å²) in [6.45, 7) is 12.0. The van der Waals surface area contributed by atoms with Crippen LogP contribution in [-0.2, 0) is 9.47 Å². The van der Waals surface area contributed by atoms with Crippen molar-refractivity contribution in [2.75, 3.05) is 59.7 Å². The highest BCUT2D eigenvalue weighted by Gasteiger charge is 2.33. The molecule has 0 aromatic heterocycles. The fourth-order valence-electron chi connectivity index (χ4n) is 2.77. The van der Waals surface area contributed by atoms with E-state index >= 15 is 0 Å². The van der Waals surface area contributed by atoms with Crippen molar-refractivity contribution in [2.24, 2.45) is 5.41 Å². The summed E-state index contributed by atoms with van der Waals surface area (Å²) in [6, 6.07) is 0. The van der Waals surface area contributed by atoms with Crippen LogP contribution in [0.3, 0.4) is 0 Å². The molecular weight excluding hydrogens is 228 g/mol. The molecule has 1 rings (SSSR count). The minimum Gasteiger partial charge on any atom is -0.381 e. The first-order valence-electron chi connectivity index (χ1n) is 7.29. The normalized spacial score (nSPS) is 24.7. The van der Waals surface area contributed by atoms with E-state index in [2.05, 4.69) is 17.1 Å². The predicted molar refractivity (Wildman–Crippen MR) is 75.0 cm³/mol. The van der Waals surface area contributed by atoms with Gasteiger partial charge in [0.1, 0.15) is 0 Å². The fourth-order valence-corrected chi connectivity index (χ4v) is 2.77. The standard InChI is InChI=1S/C14H30N2O2/c1-4-16(8-10-17-5-2)12-14(11-15-3)7-6-9-18-13-14/h15H,4-13H2,1-3H3. The first-order valence-corrected chi connectivity index (χ1v) is 7.29. The molecule has 0 aromatic carbocycles. The minimum absolute atomic E-state index is 0.287. The Balaban J connectivity index is 2.45. The van der Waals surface area contributed by atoms with Crippen LogP contribution >= 0.6 is 0 Å². The number of hydrogen-bond donors (Lipinski definition) is 1. The third kappa shape index (κ3) is 5.22. The maximum absolute atomic E-state index is 5.71. The average Bonchev–Trinajstić information content (AvgIpc) is 2.39. The highest BCUT2D eigenvalue weighted by atomic mass is 16.5. The first kappa shape index (κ1) is 15.9. The van der Waals surface area contributed by atoms with Gasteiger partial charge >= 0.3 is 0 Å². The summed E-state index contributed by atoms with van der Waals surface area (Å²) in [5.74, 6) is 0. The molecule has 1 fully saturated rings. The van der Waals surface area contributed by atoms with Gasteiger partial charge in [-0.1, -0.05) is 6.92 Å². The third-order valence-corrected chi connectivity index (χ3v) is 3.72. The van der Waals surface area contributed by atoms with Crippen LogP contribution in [-0.4, -0.2) is 64.6 Å². The van der Waals surface area contributed by atoms with Crippen LogP contribution in [0.1, 0.15) is 26.7 Å².